The first-order valence-corrected chi connectivity index (χ1v) is 13.8. The zero-order valence-corrected chi connectivity index (χ0v) is 24.0. The van der Waals surface area contributed by atoms with E-state index in [1.54, 1.807) is 6.07 Å². The van der Waals surface area contributed by atoms with Crippen molar-refractivity contribution in [3.05, 3.63) is 114 Å². The Bertz CT molecular complexity index is 2010. The Morgan fingerprint density at radius 3 is 2.07 bits per heavy atom. The fraction of sp³-hybridized carbons (Fsp3) is 0.167. The van der Waals surface area contributed by atoms with E-state index >= 15 is 0 Å². The SMILES string of the molecule is [B]C([B])(c1cc(-c2cccc3c2oc2c(-c4ccc(-c5ccc(C)cc5)cc4)c(C#N)ccc23)ncc1F)C(C)(C)C. The van der Waals surface area contributed by atoms with Crippen molar-refractivity contribution in [3.8, 4) is 39.6 Å². The second-order valence-electron chi connectivity index (χ2n) is 11.9. The van der Waals surface area contributed by atoms with Crippen molar-refractivity contribution in [3.63, 3.8) is 0 Å². The Hall–Kier alpha value is -4.62. The Morgan fingerprint density at radius 1 is 0.810 bits per heavy atom. The van der Waals surface area contributed by atoms with E-state index in [2.05, 4.69) is 54.4 Å². The van der Waals surface area contributed by atoms with Crippen molar-refractivity contribution in [2.24, 2.45) is 5.41 Å². The number of aromatic nitrogens is 1. The van der Waals surface area contributed by atoms with Crippen molar-refractivity contribution < 1.29 is 8.81 Å². The van der Waals surface area contributed by atoms with Crippen LogP contribution in [0.5, 0.6) is 0 Å². The molecule has 0 aliphatic carbocycles. The molecule has 0 saturated carbocycles. The fourth-order valence-electron chi connectivity index (χ4n) is 5.33. The highest BCUT2D eigenvalue weighted by atomic mass is 19.1. The maximum Gasteiger partial charge on any atom is 0.144 e. The number of hydrogen-bond acceptors (Lipinski definition) is 3. The van der Waals surface area contributed by atoms with Crippen LogP contribution in [-0.2, 0) is 5.21 Å². The third kappa shape index (κ3) is 4.50. The average molecular weight is 544 g/mol. The van der Waals surface area contributed by atoms with Gasteiger partial charge in [0.2, 0.25) is 0 Å². The summed E-state index contributed by atoms with van der Waals surface area (Å²) >= 11 is 0. The minimum Gasteiger partial charge on any atom is -0.455 e. The summed E-state index contributed by atoms with van der Waals surface area (Å²) in [5.41, 5.74) is 7.42. The van der Waals surface area contributed by atoms with Gasteiger partial charge in [-0.3, -0.25) is 4.98 Å². The number of fused-ring (bicyclic) bond motifs is 3. The molecule has 4 aromatic carbocycles. The summed E-state index contributed by atoms with van der Waals surface area (Å²) in [6.07, 6.45) is 1.15. The molecule has 6 aromatic rings. The van der Waals surface area contributed by atoms with Gasteiger partial charge in [-0.2, -0.15) is 5.26 Å². The van der Waals surface area contributed by atoms with E-state index in [-0.39, 0.29) is 5.56 Å². The number of furan rings is 1. The third-order valence-corrected chi connectivity index (χ3v) is 8.16. The number of halogens is 1. The van der Waals surface area contributed by atoms with Gasteiger partial charge in [0, 0.05) is 21.9 Å². The van der Waals surface area contributed by atoms with Crippen LogP contribution in [0.15, 0.2) is 95.5 Å². The molecule has 0 unspecified atom stereocenters. The van der Waals surface area contributed by atoms with Crippen LogP contribution in [0, 0.1) is 29.5 Å². The zero-order valence-electron chi connectivity index (χ0n) is 24.0. The summed E-state index contributed by atoms with van der Waals surface area (Å²) in [5, 5.41) is 10.3. The summed E-state index contributed by atoms with van der Waals surface area (Å²) in [6.45, 7) is 7.67. The molecule has 0 aliphatic rings. The van der Waals surface area contributed by atoms with Crippen molar-refractivity contribution in [2.45, 2.75) is 32.9 Å². The topological polar surface area (TPSA) is 49.8 Å². The van der Waals surface area contributed by atoms with Crippen LogP contribution in [0.3, 0.4) is 0 Å². The predicted molar refractivity (Wildman–Crippen MR) is 170 cm³/mol. The molecule has 2 aromatic heterocycles. The van der Waals surface area contributed by atoms with Gasteiger partial charge in [0.25, 0.3) is 0 Å². The maximum atomic E-state index is 15.0. The number of nitriles is 1. The van der Waals surface area contributed by atoms with Crippen LogP contribution in [-0.4, -0.2) is 20.7 Å². The molecule has 42 heavy (non-hydrogen) atoms. The lowest BCUT2D eigenvalue weighted by Gasteiger charge is -2.41. The first kappa shape index (κ1) is 27.5. The summed E-state index contributed by atoms with van der Waals surface area (Å²) in [7, 11) is 12.9. The highest BCUT2D eigenvalue weighted by Crippen LogP contribution is 2.43. The lowest BCUT2D eigenvalue weighted by Crippen LogP contribution is -2.42. The number of benzene rings is 4. The van der Waals surface area contributed by atoms with Gasteiger partial charge in [-0.15, -0.1) is 0 Å². The van der Waals surface area contributed by atoms with Crippen LogP contribution >= 0.6 is 0 Å². The Morgan fingerprint density at radius 2 is 1.43 bits per heavy atom. The van der Waals surface area contributed by atoms with Gasteiger partial charge < -0.3 is 4.42 Å². The Kier molecular flexibility index (Phi) is 6.58. The fourth-order valence-corrected chi connectivity index (χ4v) is 5.33. The quantitative estimate of drug-likeness (QED) is 0.209. The second kappa shape index (κ2) is 10.0. The number of para-hydroxylation sites is 1. The van der Waals surface area contributed by atoms with Gasteiger partial charge in [-0.1, -0.05) is 92.2 Å². The highest BCUT2D eigenvalue weighted by molar-refractivity contribution is 6.40. The molecule has 0 atom stereocenters. The lowest BCUT2D eigenvalue weighted by atomic mass is 9.41. The molecule has 0 aliphatic heterocycles. The van der Waals surface area contributed by atoms with E-state index < -0.39 is 16.4 Å². The molecule has 6 rings (SSSR count). The van der Waals surface area contributed by atoms with Crippen LogP contribution in [0.2, 0.25) is 0 Å². The van der Waals surface area contributed by atoms with Gasteiger partial charge >= 0.3 is 0 Å². The standard InChI is InChI=1S/C36H27B2FN2O/c1-21-8-10-22(11-9-21)23-12-14-24(15-13-23)32-25(19-40)16-17-27-26-6-5-7-28(33(26)42-34(27)32)31-18-29(30(39)20-41-31)36(37,38)35(2,3)4/h5-18,20H,1-4H3. The third-order valence-electron chi connectivity index (χ3n) is 8.16. The second-order valence-corrected chi connectivity index (χ2v) is 11.9. The lowest BCUT2D eigenvalue weighted by molar-refractivity contribution is 0.349. The summed E-state index contributed by atoms with van der Waals surface area (Å²) in [4.78, 5) is 4.38. The molecule has 2 heterocycles. The van der Waals surface area contributed by atoms with Gasteiger partial charge in [0.05, 0.1) is 39.2 Å². The van der Waals surface area contributed by atoms with E-state index in [1.807, 2.05) is 63.2 Å². The molecule has 0 fully saturated rings. The number of nitrogens with zero attached hydrogens (tertiary/aromatic N) is 2. The van der Waals surface area contributed by atoms with Gasteiger partial charge in [0.1, 0.15) is 17.0 Å². The highest BCUT2D eigenvalue weighted by Gasteiger charge is 2.36. The van der Waals surface area contributed by atoms with Crippen molar-refractivity contribution >= 4 is 37.6 Å². The summed E-state index contributed by atoms with van der Waals surface area (Å²) < 4.78 is 21.6. The molecule has 6 heteroatoms. The van der Waals surface area contributed by atoms with Crippen LogP contribution < -0.4 is 0 Å². The molecule has 4 radical (unpaired) electrons. The van der Waals surface area contributed by atoms with E-state index in [0.717, 1.165) is 39.2 Å². The maximum absolute atomic E-state index is 15.0. The number of rotatable bonds is 4. The monoisotopic (exact) mass is 544 g/mol. The number of pyridine rings is 1. The Labute approximate surface area is 247 Å². The van der Waals surface area contributed by atoms with E-state index in [1.165, 1.54) is 5.56 Å². The first-order valence-electron chi connectivity index (χ1n) is 13.8. The van der Waals surface area contributed by atoms with Gasteiger partial charge in [0.15, 0.2) is 0 Å². The van der Waals surface area contributed by atoms with Crippen molar-refractivity contribution in [1.82, 2.24) is 4.98 Å². The molecular weight excluding hydrogens is 517 g/mol. The molecule has 0 spiro atoms. The predicted octanol–water partition coefficient (Wildman–Crippen LogP) is 8.84. The zero-order chi connectivity index (χ0) is 29.8. The molecule has 200 valence electrons. The van der Waals surface area contributed by atoms with E-state index in [9.17, 15) is 9.65 Å². The summed E-state index contributed by atoms with van der Waals surface area (Å²) in [6, 6.07) is 29.9. The average Bonchev–Trinajstić information content (AvgIpc) is 3.36. The first-order chi connectivity index (χ1) is 20.0. The largest absolute Gasteiger partial charge is 0.455 e. The molecule has 0 bridgehead atoms. The molecular formula is C36H27B2FN2O. The normalized spacial score (nSPS) is 12.1. The molecule has 0 saturated heterocycles. The summed E-state index contributed by atoms with van der Waals surface area (Å²) in [5.74, 6) is -0.564. The van der Waals surface area contributed by atoms with Crippen molar-refractivity contribution in [2.75, 3.05) is 0 Å². The number of hydrogen-bond donors (Lipinski definition) is 0. The van der Waals surface area contributed by atoms with Crippen LogP contribution in [0.25, 0.3) is 55.4 Å². The Balaban J connectivity index is 1.53. The van der Waals surface area contributed by atoms with E-state index in [4.69, 9.17) is 20.1 Å². The van der Waals surface area contributed by atoms with Gasteiger partial charge in [-0.25, -0.2) is 4.39 Å². The van der Waals surface area contributed by atoms with E-state index in [0.29, 0.717) is 28.0 Å². The van der Waals surface area contributed by atoms with Crippen LogP contribution in [0.4, 0.5) is 4.39 Å². The molecule has 0 amide bonds. The number of aryl methyl sites for hydroxylation is 1. The van der Waals surface area contributed by atoms with Crippen LogP contribution in [0.1, 0.15) is 37.5 Å². The van der Waals surface area contributed by atoms with Gasteiger partial charge in [-0.05, 0) is 58.9 Å². The minimum atomic E-state index is -1.43. The minimum absolute atomic E-state index is 0.175. The smallest absolute Gasteiger partial charge is 0.144 e. The van der Waals surface area contributed by atoms with Crippen molar-refractivity contribution in [1.29, 1.82) is 5.26 Å². The molecule has 3 nitrogen and oxygen atoms in total. The molecule has 0 N–H and O–H groups in total.